The molecule has 32 heavy (non-hydrogen) atoms. The van der Waals surface area contributed by atoms with Crippen molar-refractivity contribution in [1.82, 2.24) is 15.5 Å². The summed E-state index contributed by atoms with van der Waals surface area (Å²) in [5.41, 5.74) is -0.658. The summed E-state index contributed by atoms with van der Waals surface area (Å²) in [6, 6.07) is -0.307. The van der Waals surface area contributed by atoms with Crippen molar-refractivity contribution < 1.29 is 24.9 Å². The SMILES string of the molecule is CCC[C@@H]1C[C@@H](C(=O)N[C@H](CNC2CC(CC)C2)[C@H]2OC(SC)[C@H](O)C(O)C2O)N(C)C1. The topological polar surface area (TPSA) is 114 Å². The third kappa shape index (κ3) is 5.98. The molecule has 9 heteroatoms. The maximum atomic E-state index is 13.3. The predicted molar refractivity (Wildman–Crippen MR) is 126 cm³/mol. The summed E-state index contributed by atoms with van der Waals surface area (Å²) in [6.07, 6.45) is 3.68. The Kier molecular flexibility index (Phi) is 9.67. The summed E-state index contributed by atoms with van der Waals surface area (Å²) in [6.45, 7) is 5.74. The van der Waals surface area contributed by atoms with Gasteiger partial charge in [-0.15, -0.1) is 11.8 Å². The largest absolute Gasteiger partial charge is 0.388 e. The Morgan fingerprint density at radius 3 is 2.47 bits per heavy atom. The van der Waals surface area contributed by atoms with Gasteiger partial charge in [-0.05, 0) is 50.8 Å². The van der Waals surface area contributed by atoms with Gasteiger partial charge in [0.1, 0.15) is 29.9 Å². The van der Waals surface area contributed by atoms with Gasteiger partial charge in [0.2, 0.25) is 5.91 Å². The molecular formula is C23H43N3O5S. The van der Waals surface area contributed by atoms with Gasteiger partial charge in [0.05, 0.1) is 12.1 Å². The van der Waals surface area contributed by atoms with E-state index in [9.17, 15) is 20.1 Å². The number of aliphatic hydroxyl groups excluding tert-OH is 3. The average Bonchev–Trinajstić information content (AvgIpc) is 3.11. The first-order valence-corrected chi connectivity index (χ1v) is 13.5. The number of nitrogens with zero attached hydrogens (tertiary/aromatic N) is 1. The highest BCUT2D eigenvalue weighted by Gasteiger charge is 2.47. The van der Waals surface area contributed by atoms with Gasteiger partial charge in [0.15, 0.2) is 0 Å². The molecule has 2 heterocycles. The highest BCUT2D eigenvalue weighted by molar-refractivity contribution is 7.99. The smallest absolute Gasteiger partial charge is 0.237 e. The number of rotatable bonds is 10. The number of amides is 1. The number of likely N-dealkylation sites (N-methyl/N-ethyl adjacent to an activating group) is 1. The lowest BCUT2D eigenvalue weighted by molar-refractivity contribution is -0.205. The van der Waals surface area contributed by atoms with Gasteiger partial charge in [0.25, 0.3) is 0 Å². The zero-order chi connectivity index (χ0) is 23.4. The second kappa shape index (κ2) is 11.8. The summed E-state index contributed by atoms with van der Waals surface area (Å²) in [4.78, 5) is 15.4. The number of carbonyl (C=O) groups excluding carboxylic acids is 1. The van der Waals surface area contributed by atoms with Crippen molar-refractivity contribution in [3.63, 3.8) is 0 Å². The quantitative estimate of drug-likeness (QED) is 0.312. The highest BCUT2D eigenvalue weighted by Crippen LogP contribution is 2.32. The molecule has 3 fully saturated rings. The molecule has 0 aromatic carbocycles. The summed E-state index contributed by atoms with van der Waals surface area (Å²) < 4.78 is 6.00. The van der Waals surface area contributed by atoms with Crippen LogP contribution < -0.4 is 10.6 Å². The van der Waals surface area contributed by atoms with Crippen molar-refractivity contribution in [2.75, 3.05) is 26.4 Å². The Balaban J connectivity index is 1.68. The molecule has 0 aromatic heterocycles. The van der Waals surface area contributed by atoms with Crippen LogP contribution in [-0.4, -0.2) is 100 Å². The van der Waals surface area contributed by atoms with E-state index in [2.05, 4.69) is 29.4 Å². The molecule has 2 aliphatic heterocycles. The third-order valence-electron chi connectivity index (χ3n) is 7.64. The fourth-order valence-electron chi connectivity index (χ4n) is 5.49. The van der Waals surface area contributed by atoms with E-state index >= 15 is 0 Å². The molecule has 1 aliphatic carbocycles. The van der Waals surface area contributed by atoms with E-state index < -0.39 is 35.9 Å². The van der Waals surface area contributed by atoms with E-state index in [0.29, 0.717) is 18.5 Å². The van der Waals surface area contributed by atoms with Crippen molar-refractivity contribution in [3.05, 3.63) is 0 Å². The van der Waals surface area contributed by atoms with Gasteiger partial charge in [-0.1, -0.05) is 26.7 Å². The van der Waals surface area contributed by atoms with Crippen molar-refractivity contribution in [3.8, 4) is 0 Å². The maximum Gasteiger partial charge on any atom is 0.237 e. The maximum absolute atomic E-state index is 13.3. The Bertz CT molecular complexity index is 606. The van der Waals surface area contributed by atoms with E-state index in [4.69, 9.17) is 4.74 Å². The molecule has 186 valence electrons. The van der Waals surface area contributed by atoms with Crippen LogP contribution in [-0.2, 0) is 9.53 Å². The monoisotopic (exact) mass is 473 g/mol. The number of nitrogens with one attached hydrogen (secondary N) is 2. The normalized spacial score (nSPS) is 41.3. The summed E-state index contributed by atoms with van der Waals surface area (Å²) in [5.74, 6) is 1.21. The fraction of sp³-hybridized carbons (Fsp3) is 0.957. The number of hydrogen-bond acceptors (Lipinski definition) is 8. The van der Waals surface area contributed by atoms with E-state index in [1.165, 1.54) is 18.2 Å². The summed E-state index contributed by atoms with van der Waals surface area (Å²) in [7, 11) is 1.99. The number of thioether (sulfide) groups is 1. The lowest BCUT2D eigenvalue weighted by Crippen LogP contribution is -2.65. The lowest BCUT2D eigenvalue weighted by Gasteiger charge is -2.44. The molecule has 1 amide bonds. The minimum atomic E-state index is -1.32. The highest BCUT2D eigenvalue weighted by atomic mass is 32.2. The van der Waals surface area contributed by atoms with Gasteiger partial charge in [0, 0.05) is 19.1 Å². The van der Waals surface area contributed by atoms with Gasteiger partial charge in [-0.2, -0.15) is 0 Å². The molecule has 3 unspecified atom stereocenters. The number of carbonyl (C=O) groups is 1. The van der Waals surface area contributed by atoms with Crippen LogP contribution in [0.4, 0.5) is 0 Å². The van der Waals surface area contributed by atoms with Crippen molar-refractivity contribution >= 4 is 17.7 Å². The predicted octanol–water partition coefficient (Wildman–Crippen LogP) is 0.540. The van der Waals surface area contributed by atoms with Crippen LogP contribution in [0.2, 0.25) is 0 Å². The van der Waals surface area contributed by atoms with Gasteiger partial charge in [-0.25, -0.2) is 0 Å². The molecule has 5 N–H and O–H groups in total. The number of likely N-dealkylation sites (tertiary alicyclic amines) is 1. The van der Waals surface area contributed by atoms with Gasteiger partial charge >= 0.3 is 0 Å². The zero-order valence-corrected chi connectivity index (χ0v) is 20.8. The third-order valence-corrected chi connectivity index (χ3v) is 8.49. The molecule has 0 aromatic rings. The molecule has 8 nitrogen and oxygen atoms in total. The molecule has 2 saturated heterocycles. The molecule has 1 saturated carbocycles. The van der Waals surface area contributed by atoms with Crippen LogP contribution in [0.15, 0.2) is 0 Å². The van der Waals surface area contributed by atoms with Gasteiger partial charge in [-0.3, -0.25) is 9.69 Å². The van der Waals surface area contributed by atoms with Crippen LogP contribution in [0.3, 0.4) is 0 Å². The summed E-state index contributed by atoms with van der Waals surface area (Å²) in [5, 5.41) is 38.0. The van der Waals surface area contributed by atoms with Crippen LogP contribution in [0.1, 0.15) is 52.4 Å². The Hall–Kier alpha value is -0.420. The van der Waals surface area contributed by atoms with E-state index in [1.807, 2.05) is 7.05 Å². The van der Waals surface area contributed by atoms with Crippen LogP contribution in [0.5, 0.6) is 0 Å². The molecule has 0 radical (unpaired) electrons. The molecule has 8 atom stereocenters. The summed E-state index contributed by atoms with van der Waals surface area (Å²) >= 11 is 1.29. The molecule has 3 aliphatic rings. The second-order valence-corrected chi connectivity index (χ2v) is 10.9. The van der Waals surface area contributed by atoms with Crippen molar-refractivity contribution in [2.45, 2.75) is 100 Å². The first-order valence-electron chi connectivity index (χ1n) is 12.2. The standard InChI is InChI=1S/C23H43N3O5S/c1-5-7-14-10-17(26(3)12-14)22(30)25-16(11-24-15-8-13(6-2)9-15)21-19(28)18(27)20(29)23(31-21)32-4/h13-21,23-24,27-29H,5-12H2,1-4H3,(H,25,30)/t13?,14-,15?,16-,17+,18?,19?,20-,21-,23?/m1/s1. The first kappa shape index (κ1) is 26.2. The van der Waals surface area contributed by atoms with Crippen LogP contribution in [0, 0.1) is 11.8 Å². The average molecular weight is 474 g/mol. The van der Waals surface area contributed by atoms with Crippen LogP contribution >= 0.6 is 11.8 Å². The molecular weight excluding hydrogens is 430 g/mol. The number of hydrogen-bond donors (Lipinski definition) is 5. The Morgan fingerprint density at radius 2 is 1.84 bits per heavy atom. The number of ether oxygens (including phenoxy) is 1. The molecule has 0 bridgehead atoms. The van der Waals surface area contributed by atoms with Crippen LogP contribution in [0.25, 0.3) is 0 Å². The second-order valence-electron chi connectivity index (χ2n) is 9.99. The van der Waals surface area contributed by atoms with Gasteiger partial charge < -0.3 is 30.7 Å². The Labute approximate surface area is 196 Å². The van der Waals surface area contributed by atoms with Crippen molar-refractivity contribution in [1.29, 1.82) is 0 Å². The minimum Gasteiger partial charge on any atom is -0.388 e. The zero-order valence-electron chi connectivity index (χ0n) is 19.9. The minimum absolute atomic E-state index is 0.0601. The molecule has 3 rings (SSSR count). The fourth-order valence-corrected chi connectivity index (χ4v) is 6.17. The van der Waals surface area contributed by atoms with E-state index in [0.717, 1.165) is 44.6 Å². The van der Waals surface area contributed by atoms with E-state index in [-0.39, 0.29) is 11.9 Å². The molecule has 0 spiro atoms. The first-order chi connectivity index (χ1) is 15.3. The van der Waals surface area contributed by atoms with E-state index in [1.54, 1.807) is 6.26 Å². The Morgan fingerprint density at radius 1 is 1.12 bits per heavy atom. The lowest BCUT2D eigenvalue weighted by atomic mass is 9.78. The van der Waals surface area contributed by atoms with Crippen molar-refractivity contribution in [2.24, 2.45) is 11.8 Å². The number of aliphatic hydroxyl groups is 3.